The first kappa shape index (κ1) is 16.6. The smallest absolute Gasteiger partial charge is 0.255 e. The third-order valence-electron chi connectivity index (χ3n) is 3.75. The number of benzene rings is 1. The Morgan fingerprint density at radius 3 is 2.96 bits per heavy atom. The largest absolute Gasteiger partial charge is 0.497 e. The molecule has 0 aliphatic heterocycles. The van der Waals surface area contributed by atoms with Crippen LogP contribution in [-0.2, 0) is 6.42 Å². The molecule has 7 nitrogen and oxygen atoms in total. The van der Waals surface area contributed by atoms with E-state index in [1.165, 1.54) is 6.20 Å². The fourth-order valence-electron chi connectivity index (χ4n) is 2.56. The summed E-state index contributed by atoms with van der Waals surface area (Å²) in [6, 6.07) is 7.39. The minimum Gasteiger partial charge on any atom is -0.497 e. The minimum atomic E-state index is -0.192. The Bertz CT molecular complexity index is 847. The molecular weight excluding hydrogens is 318 g/mol. The monoisotopic (exact) mass is 337 g/mol. The lowest BCUT2D eigenvalue weighted by atomic mass is 10.1. The van der Waals surface area contributed by atoms with Crippen molar-refractivity contribution in [2.45, 2.75) is 19.4 Å². The first-order chi connectivity index (χ1) is 12.2. The van der Waals surface area contributed by atoms with E-state index in [0.717, 1.165) is 17.0 Å². The number of aromatic nitrogens is 4. The lowest BCUT2D eigenvalue weighted by Crippen LogP contribution is -2.34. The lowest BCUT2D eigenvalue weighted by molar-refractivity contribution is 0.0940. The molecule has 1 atom stereocenters. The zero-order valence-electron chi connectivity index (χ0n) is 14.1. The van der Waals surface area contributed by atoms with E-state index in [-0.39, 0.29) is 11.9 Å². The Balaban J connectivity index is 1.74. The van der Waals surface area contributed by atoms with Crippen molar-refractivity contribution in [3.63, 3.8) is 0 Å². The standard InChI is InChI=1S/C18H19N5O2/c1-12(8-14-10-19-6-7-20-14)22-18(24)16-11-21-23-17(16)13-4-3-5-15(9-13)25-2/h3-7,9-12H,8H2,1-2H3,(H,21,23)(H,22,24)/t12-/m0/s1. The van der Waals surface area contributed by atoms with Crippen molar-refractivity contribution in [3.05, 3.63) is 60.3 Å². The van der Waals surface area contributed by atoms with Gasteiger partial charge >= 0.3 is 0 Å². The number of hydrogen-bond donors (Lipinski definition) is 2. The van der Waals surface area contributed by atoms with E-state index < -0.39 is 0 Å². The third kappa shape index (κ3) is 4.00. The second-order valence-electron chi connectivity index (χ2n) is 5.67. The van der Waals surface area contributed by atoms with Crippen molar-refractivity contribution in [2.75, 3.05) is 7.11 Å². The SMILES string of the molecule is COc1cccc(-c2[nH]ncc2C(=O)N[C@@H](C)Cc2cnccn2)c1. The molecule has 0 aliphatic carbocycles. The summed E-state index contributed by atoms with van der Waals surface area (Å²) in [4.78, 5) is 20.9. The van der Waals surface area contributed by atoms with Gasteiger partial charge in [0.15, 0.2) is 0 Å². The van der Waals surface area contributed by atoms with Crippen molar-refractivity contribution in [1.82, 2.24) is 25.5 Å². The Kier molecular flexibility index (Phi) is 5.03. The molecule has 0 saturated heterocycles. The molecule has 7 heteroatoms. The second kappa shape index (κ2) is 7.57. The second-order valence-corrected chi connectivity index (χ2v) is 5.67. The summed E-state index contributed by atoms with van der Waals surface area (Å²) >= 11 is 0. The van der Waals surface area contributed by atoms with Gasteiger partial charge in [-0.15, -0.1) is 0 Å². The van der Waals surface area contributed by atoms with Crippen LogP contribution >= 0.6 is 0 Å². The maximum absolute atomic E-state index is 12.6. The van der Waals surface area contributed by atoms with Crippen LogP contribution in [0.2, 0.25) is 0 Å². The molecule has 0 radical (unpaired) electrons. The van der Waals surface area contributed by atoms with Gasteiger partial charge < -0.3 is 10.1 Å². The minimum absolute atomic E-state index is 0.0859. The molecule has 0 bridgehead atoms. The quantitative estimate of drug-likeness (QED) is 0.719. The first-order valence-electron chi connectivity index (χ1n) is 7.91. The van der Waals surface area contributed by atoms with E-state index in [1.54, 1.807) is 25.7 Å². The molecule has 128 valence electrons. The zero-order chi connectivity index (χ0) is 17.6. The Morgan fingerprint density at radius 2 is 2.20 bits per heavy atom. The fourth-order valence-corrected chi connectivity index (χ4v) is 2.56. The summed E-state index contributed by atoms with van der Waals surface area (Å²) in [6.07, 6.45) is 7.09. The van der Waals surface area contributed by atoms with Crippen molar-refractivity contribution in [3.8, 4) is 17.0 Å². The van der Waals surface area contributed by atoms with Crippen LogP contribution in [0.1, 0.15) is 23.0 Å². The number of carbonyl (C=O) groups excluding carboxylic acids is 1. The van der Waals surface area contributed by atoms with E-state index in [0.29, 0.717) is 17.7 Å². The van der Waals surface area contributed by atoms with E-state index in [9.17, 15) is 4.79 Å². The molecular formula is C18H19N5O2. The van der Waals surface area contributed by atoms with Gasteiger partial charge in [-0.1, -0.05) is 12.1 Å². The molecule has 1 amide bonds. The predicted octanol–water partition coefficient (Wildman–Crippen LogP) is 2.24. The molecule has 2 heterocycles. The molecule has 2 aromatic heterocycles. The van der Waals surface area contributed by atoms with Gasteiger partial charge in [0.1, 0.15) is 5.75 Å². The summed E-state index contributed by atoms with van der Waals surface area (Å²) in [5.74, 6) is 0.525. The van der Waals surface area contributed by atoms with Gasteiger partial charge in [-0.05, 0) is 19.1 Å². The van der Waals surface area contributed by atoms with Crippen LogP contribution in [0.5, 0.6) is 5.75 Å². The molecule has 3 rings (SSSR count). The van der Waals surface area contributed by atoms with Crippen molar-refractivity contribution >= 4 is 5.91 Å². The van der Waals surface area contributed by atoms with Crippen LogP contribution in [0.25, 0.3) is 11.3 Å². The molecule has 0 fully saturated rings. The van der Waals surface area contributed by atoms with Gasteiger partial charge in [-0.3, -0.25) is 19.9 Å². The average Bonchev–Trinajstić information content (AvgIpc) is 3.12. The topological polar surface area (TPSA) is 92.8 Å². The highest BCUT2D eigenvalue weighted by molar-refractivity contribution is 5.99. The number of nitrogens with zero attached hydrogens (tertiary/aromatic N) is 3. The van der Waals surface area contributed by atoms with Gasteiger partial charge in [0.25, 0.3) is 5.91 Å². The molecule has 0 aliphatic rings. The highest BCUT2D eigenvalue weighted by atomic mass is 16.5. The van der Waals surface area contributed by atoms with Crippen LogP contribution in [-0.4, -0.2) is 39.2 Å². The van der Waals surface area contributed by atoms with Gasteiger partial charge in [0, 0.05) is 36.6 Å². The highest BCUT2D eigenvalue weighted by Crippen LogP contribution is 2.25. The molecule has 0 saturated carbocycles. The van der Waals surface area contributed by atoms with Crippen molar-refractivity contribution in [1.29, 1.82) is 0 Å². The summed E-state index contributed by atoms with van der Waals surface area (Å²) in [6.45, 7) is 1.93. The molecule has 3 aromatic rings. The van der Waals surface area contributed by atoms with Gasteiger partial charge in [-0.2, -0.15) is 5.10 Å². The molecule has 0 spiro atoms. The number of rotatable bonds is 6. The number of carbonyl (C=O) groups is 1. The number of nitrogens with one attached hydrogen (secondary N) is 2. The number of H-pyrrole nitrogens is 1. The van der Waals surface area contributed by atoms with Gasteiger partial charge in [-0.25, -0.2) is 0 Å². The average molecular weight is 337 g/mol. The van der Waals surface area contributed by atoms with Gasteiger partial charge in [0.05, 0.1) is 30.3 Å². The van der Waals surface area contributed by atoms with Crippen LogP contribution in [0.3, 0.4) is 0 Å². The first-order valence-corrected chi connectivity index (χ1v) is 7.91. The molecule has 0 unspecified atom stereocenters. The van der Waals surface area contributed by atoms with Gasteiger partial charge in [0.2, 0.25) is 0 Å². The van der Waals surface area contributed by atoms with Crippen LogP contribution in [0.4, 0.5) is 0 Å². The Labute approximate surface area is 145 Å². The maximum atomic E-state index is 12.6. The van der Waals surface area contributed by atoms with E-state index >= 15 is 0 Å². The molecule has 1 aromatic carbocycles. The lowest BCUT2D eigenvalue weighted by Gasteiger charge is -2.13. The maximum Gasteiger partial charge on any atom is 0.255 e. The Morgan fingerprint density at radius 1 is 1.32 bits per heavy atom. The molecule has 2 N–H and O–H groups in total. The van der Waals surface area contributed by atoms with Crippen LogP contribution in [0.15, 0.2) is 49.1 Å². The number of hydrogen-bond acceptors (Lipinski definition) is 5. The third-order valence-corrected chi connectivity index (χ3v) is 3.75. The van der Waals surface area contributed by atoms with Crippen LogP contribution in [0, 0.1) is 0 Å². The predicted molar refractivity (Wildman–Crippen MR) is 93.2 cm³/mol. The van der Waals surface area contributed by atoms with E-state index in [1.807, 2.05) is 31.2 Å². The highest BCUT2D eigenvalue weighted by Gasteiger charge is 2.18. The van der Waals surface area contributed by atoms with E-state index in [2.05, 4.69) is 25.5 Å². The number of ether oxygens (including phenoxy) is 1. The summed E-state index contributed by atoms with van der Waals surface area (Å²) in [5, 5.41) is 9.88. The zero-order valence-corrected chi connectivity index (χ0v) is 14.1. The van der Waals surface area contributed by atoms with E-state index in [4.69, 9.17) is 4.74 Å². The fraction of sp³-hybridized carbons (Fsp3) is 0.222. The number of amides is 1. The Hall–Kier alpha value is -3.22. The summed E-state index contributed by atoms with van der Waals surface area (Å²) in [7, 11) is 1.61. The number of methoxy groups -OCH3 is 1. The van der Waals surface area contributed by atoms with Crippen LogP contribution < -0.4 is 10.1 Å². The summed E-state index contributed by atoms with van der Waals surface area (Å²) < 4.78 is 5.24. The van der Waals surface area contributed by atoms with Crippen molar-refractivity contribution in [2.24, 2.45) is 0 Å². The number of aromatic amines is 1. The molecule has 25 heavy (non-hydrogen) atoms. The van der Waals surface area contributed by atoms with Crippen molar-refractivity contribution < 1.29 is 9.53 Å². The summed E-state index contributed by atoms with van der Waals surface area (Å²) in [5.41, 5.74) is 2.81. The normalized spacial score (nSPS) is 11.8.